The maximum Gasteiger partial charge on any atom is 0.228 e. The molecule has 2 N–H and O–H groups in total. The molecule has 5 heteroatoms. The minimum atomic E-state index is -1.04. The molecule has 1 saturated carbocycles. The average Bonchev–Trinajstić information content (AvgIpc) is 3.43. The largest absolute Gasteiger partial charge is 0.384 e. The smallest absolute Gasteiger partial charge is 0.228 e. The molecule has 1 amide bonds. The molecule has 5 nitrogen and oxygen atoms in total. The SMILES string of the molecule is C=Cc1c(C(C)(C)O)ncc(-c2ccc3cc(NC(=O)C4CC4C)ncc3c2)c1C. The molecule has 2 heterocycles. The number of nitrogens with one attached hydrogen (secondary N) is 1. The molecule has 2 atom stereocenters. The van der Waals surface area contributed by atoms with E-state index >= 15 is 0 Å². The Morgan fingerprint density at radius 2 is 1.97 bits per heavy atom. The highest BCUT2D eigenvalue weighted by Crippen LogP contribution is 2.38. The first kappa shape index (κ1) is 20.2. The maximum atomic E-state index is 12.2. The first-order chi connectivity index (χ1) is 14.2. The molecule has 0 radical (unpaired) electrons. The van der Waals surface area contributed by atoms with Gasteiger partial charge in [-0.3, -0.25) is 9.78 Å². The van der Waals surface area contributed by atoms with Crippen molar-refractivity contribution in [2.75, 3.05) is 5.32 Å². The molecule has 154 valence electrons. The summed E-state index contributed by atoms with van der Waals surface area (Å²) >= 11 is 0. The van der Waals surface area contributed by atoms with Crippen molar-refractivity contribution in [3.63, 3.8) is 0 Å². The number of pyridine rings is 2. The molecule has 3 aromatic rings. The molecule has 1 fully saturated rings. The normalized spacial score (nSPS) is 18.3. The van der Waals surface area contributed by atoms with E-state index in [1.54, 1.807) is 32.3 Å². The van der Waals surface area contributed by atoms with E-state index < -0.39 is 5.60 Å². The third-order valence-electron chi connectivity index (χ3n) is 5.90. The molecule has 4 rings (SSSR count). The first-order valence-corrected chi connectivity index (χ1v) is 10.2. The zero-order chi connectivity index (χ0) is 21.6. The molecular formula is C25H27N3O2. The second kappa shape index (κ2) is 7.33. The summed E-state index contributed by atoms with van der Waals surface area (Å²) in [7, 11) is 0. The van der Waals surface area contributed by atoms with Crippen molar-refractivity contribution in [3.8, 4) is 11.1 Å². The minimum Gasteiger partial charge on any atom is -0.384 e. The molecule has 1 aromatic carbocycles. The number of rotatable bonds is 5. The van der Waals surface area contributed by atoms with Crippen LogP contribution in [0.3, 0.4) is 0 Å². The number of carbonyl (C=O) groups excluding carboxylic acids is 1. The summed E-state index contributed by atoms with van der Waals surface area (Å²) in [5.41, 5.74) is 3.45. The van der Waals surface area contributed by atoms with E-state index in [1.165, 1.54) is 0 Å². The van der Waals surface area contributed by atoms with Crippen molar-refractivity contribution >= 4 is 28.6 Å². The van der Waals surface area contributed by atoms with Gasteiger partial charge in [-0.1, -0.05) is 31.7 Å². The number of hydrogen-bond donors (Lipinski definition) is 2. The molecule has 2 aromatic heterocycles. The number of hydrogen-bond acceptors (Lipinski definition) is 4. The van der Waals surface area contributed by atoms with Gasteiger partial charge < -0.3 is 10.4 Å². The summed E-state index contributed by atoms with van der Waals surface area (Å²) in [5, 5.41) is 15.3. The summed E-state index contributed by atoms with van der Waals surface area (Å²) in [5.74, 6) is 1.22. The minimum absolute atomic E-state index is 0.0523. The van der Waals surface area contributed by atoms with Gasteiger partial charge in [0.1, 0.15) is 11.4 Å². The molecule has 30 heavy (non-hydrogen) atoms. The monoisotopic (exact) mass is 401 g/mol. The summed E-state index contributed by atoms with van der Waals surface area (Å²) in [6.45, 7) is 11.5. The average molecular weight is 402 g/mol. The van der Waals surface area contributed by atoms with E-state index in [-0.39, 0.29) is 11.8 Å². The van der Waals surface area contributed by atoms with Crippen LogP contribution in [0.4, 0.5) is 5.82 Å². The zero-order valence-corrected chi connectivity index (χ0v) is 17.9. The van der Waals surface area contributed by atoms with Crippen LogP contribution in [-0.2, 0) is 10.4 Å². The first-order valence-electron chi connectivity index (χ1n) is 10.2. The Balaban J connectivity index is 1.68. The van der Waals surface area contributed by atoms with E-state index in [9.17, 15) is 9.90 Å². The van der Waals surface area contributed by atoms with Gasteiger partial charge in [-0.2, -0.15) is 0 Å². The number of anilines is 1. The third kappa shape index (κ3) is 3.73. The lowest BCUT2D eigenvalue weighted by atomic mass is 9.91. The molecular weight excluding hydrogens is 374 g/mol. The van der Waals surface area contributed by atoms with E-state index in [0.29, 0.717) is 17.4 Å². The van der Waals surface area contributed by atoms with Crippen molar-refractivity contribution < 1.29 is 9.90 Å². The number of nitrogens with zero attached hydrogens (tertiary/aromatic N) is 2. The Hall–Kier alpha value is -3.05. The lowest BCUT2D eigenvalue weighted by molar-refractivity contribution is -0.117. The second-order valence-electron chi connectivity index (χ2n) is 8.76. The Kier molecular flexibility index (Phi) is 4.94. The van der Waals surface area contributed by atoms with Crippen LogP contribution < -0.4 is 5.32 Å². The van der Waals surface area contributed by atoms with E-state index in [1.807, 2.05) is 25.1 Å². The molecule has 0 saturated heterocycles. The summed E-state index contributed by atoms with van der Waals surface area (Å²) in [6, 6.07) is 8.04. The van der Waals surface area contributed by atoms with Crippen molar-refractivity contribution in [1.82, 2.24) is 9.97 Å². The number of amides is 1. The van der Waals surface area contributed by atoms with Crippen LogP contribution in [0.25, 0.3) is 28.0 Å². The molecule has 1 aliphatic rings. The third-order valence-corrected chi connectivity index (χ3v) is 5.90. The topological polar surface area (TPSA) is 75.1 Å². The van der Waals surface area contributed by atoms with Gasteiger partial charge in [0, 0.05) is 34.8 Å². The summed E-state index contributed by atoms with van der Waals surface area (Å²) in [6.07, 6.45) is 6.29. The Morgan fingerprint density at radius 3 is 2.60 bits per heavy atom. The van der Waals surface area contributed by atoms with E-state index in [0.717, 1.165) is 39.4 Å². The van der Waals surface area contributed by atoms with E-state index in [4.69, 9.17) is 0 Å². The van der Waals surface area contributed by atoms with Gasteiger partial charge in [-0.25, -0.2) is 4.98 Å². The molecule has 0 spiro atoms. The number of aromatic nitrogens is 2. The predicted octanol–water partition coefficient (Wildman–Crippen LogP) is 5.07. The Bertz CT molecular complexity index is 1160. The van der Waals surface area contributed by atoms with Crippen LogP contribution in [0.5, 0.6) is 0 Å². The fourth-order valence-corrected chi connectivity index (χ4v) is 3.93. The van der Waals surface area contributed by atoms with Crippen LogP contribution in [0.15, 0.2) is 43.2 Å². The lowest BCUT2D eigenvalue weighted by Gasteiger charge is -2.22. The van der Waals surface area contributed by atoms with Gasteiger partial charge in [0.25, 0.3) is 0 Å². The molecule has 2 unspecified atom stereocenters. The number of fused-ring (bicyclic) bond motifs is 1. The van der Waals surface area contributed by atoms with Crippen LogP contribution in [0, 0.1) is 18.8 Å². The highest BCUT2D eigenvalue weighted by Gasteiger charge is 2.39. The van der Waals surface area contributed by atoms with E-state index in [2.05, 4.69) is 34.9 Å². The fraction of sp³-hybridized carbons (Fsp3) is 0.320. The Labute approximate surface area is 176 Å². The summed E-state index contributed by atoms with van der Waals surface area (Å²) < 4.78 is 0. The predicted molar refractivity (Wildman–Crippen MR) is 121 cm³/mol. The van der Waals surface area contributed by atoms with Crippen LogP contribution in [0.1, 0.15) is 44.0 Å². The lowest BCUT2D eigenvalue weighted by Crippen LogP contribution is -2.20. The fourth-order valence-electron chi connectivity index (χ4n) is 3.93. The quantitative estimate of drug-likeness (QED) is 0.626. The van der Waals surface area contributed by atoms with Crippen LogP contribution >= 0.6 is 0 Å². The van der Waals surface area contributed by atoms with Gasteiger partial charge in [-0.15, -0.1) is 0 Å². The number of aliphatic hydroxyl groups is 1. The number of carbonyl (C=O) groups is 1. The van der Waals surface area contributed by atoms with Crippen molar-refractivity contribution in [2.24, 2.45) is 11.8 Å². The van der Waals surface area contributed by atoms with Gasteiger partial charge in [0.2, 0.25) is 5.91 Å². The van der Waals surface area contributed by atoms with Gasteiger partial charge in [-0.05, 0) is 61.8 Å². The molecule has 0 bridgehead atoms. The zero-order valence-electron chi connectivity index (χ0n) is 17.9. The number of benzene rings is 1. The van der Waals surface area contributed by atoms with Crippen LogP contribution in [-0.4, -0.2) is 21.0 Å². The highest BCUT2D eigenvalue weighted by molar-refractivity contribution is 5.96. The molecule has 0 aliphatic heterocycles. The van der Waals surface area contributed by atoms with Gasteiger partial charge >= 0.3 is 0 Å². The summed E-state index contributed by atoms with van der Waals surface area (Å²) in [4.78, 5) is 21.1. The van der Waals surface area contributed by atoms with Gasteiger partial charge in [0.05, 0.1) is 5.69 Å². The van der Waals surface area contributed by atoms with Crippen molar-refractivity contribution in [2.45, 2.75) is 39.7 Å². The second-order valence-corrected chi connectivity index (χ2v) is 8.76. The Morgan fingerprint density at radius 1 is 1.23 bits per heavy atom. The van der Waals surface area contributed by atoms with Gasteiger partial charge in [0.15, 0.2) is 0 Å². The highest BCUT2D eigenvalue weighted by atomic mass is 16.3. The maximum absolute atomic E-state index is 12.2. The van der Waals surface area contributed by atoms with Crippen molar-refractivity contribution in [3.05, 3.63) is 60.1 Å². The van der Waals surface area contributed by atoms with Crippen molar-refractivity contribution in [1.29, 1.82) is 0 Å². The molecule has 1 aliphatic carbocycles. The van der Waals surface area contributed by atoms with Crippen LogP contribution in [0.2, 0.25) is 0 Å². The standard InChI is InChI=1S/C25H27N3O2/c1-6-19-15(3)21(13-27-23(19)25(4,5)30)17-8-7-16-11-22(26-12-18(16)10-17)28-24(29)20-9-14(20)2/h6-8,10-14,20,30H,1,9H2,2-5H3,(H,26,28,29).